The second-order valence-corrected chi connectivity index (χ2v) is 13.4. The van der Waals surface area contributed by atoms with E-state index in [0.29, 0.717) is 21.5 Å². The first-order valence-corrected chi connectivity index (χ1v) is 14.9. The first kappa shape index (κ1) is 29.8. The highest BCUT2D eigenvalue weighted by atomic mass is 35.5. The van der Waals surface area contributed by atoms with Gasteiger partial charge >= 0.3 is 6.09 Å². The number of alkyl carbamates (subject to hydrolysis) is 1. The average molecular weight is 585 g/mol. The Morgan fingerprint density at radius 1 is 1.16 bits per heavy atom. The molecule has 0 radical (unpaired) electrons. The molecular weight excluding hydrogens is 557 g/mol. The van der Waals surface area contributed by atoms with Crippen molar-refractivity contribution in [2.45, 2.75) is 32.0 Å². The van der Waals surface area contributed by atoms with Gasteiger partial charge in [0.1, 0.15) is 11.3 Å². The molecule has 2 atom stereocenters. The zero-order valence-electron chi connectivity index (χ0n) is 21.2. The number of halogens is 3. The largest absolute Gasteiger partial charge is 0.444 e. The van der Waals surface area contributed by atoms with Gasteiger partial charge in [0.05, 0.1) is 6.61 Å². The number of fused-ring (bicyclic) bond motifs is 1. The van der Waals surface area contributed by atoms with Gasteiger partial charge in [-0.15, -0.1) is 11.3 Å². The van der Waals surface area contributed by atoms with Crippen molar-refractivity contribution < 1.29 is 32.2 Å². The Balaban J connectivity index is 1.80. The molecule has 3 rings (SSSR count). The zero-order chi connectivity index (χ0) is 28.1. The highest BCUT2D eigenvalue weighted by Crippen LogP contribution is 2.58. The smallest absolute Gasteiger partial charge is 0.407 e. The molecule has 3 aromatic rings. The SMILES string of the molecule is CC(C)(C)OC(=O)NCCOP(C)(=O)C(C(=O)N/C=C/c1ccc(F)c(F)c1)c1csc2ccc(Cl)cc12. The summed E-state index contributed by atoms with van der Waals surface area (Å²) < 4.78 is 52.2. The van der Waals surface area contributed by atoms with Crippen LogP contribution in [-0.4, -0.2) is 37.4 Å². The summed E-state index contributed by atoms with van der Waals surface area (Å²) in [6.07, 6.45) is 1.99. The molecule has 2 unspecified atom stereocenters. The van der Waals surface area contributed by atoms with Crippen LogP contribution in [0, 0.1) is 11.6 Å². The van der Waals surface area contributed by atoms with Crippen molar-refractivity contribution in [3.63, 3.8) is 0 Å². The van der Waals surface area contributed by atoms with E-state index >= 15 is 0 Å². The molecule has 0 aliphatic rings. The van der Waals surface area contributed by atoms with Crippen LogP contribution in [0.4, 0.5) is 13.6 Å². The van der Waals surface area contributed by atoms with Crippen molar-refractivity contribution in [2.75, 3.05) is 19.8 Å². The van der Waals surface area contributed by atoms with E-state index < -0.39 is 42.3 Å². The molecule has 0 saturated heterocycles. The summed E-state index contributed by atoms with van der Waals surface area (Å²) in [7, 11) is -3.68. The highest BCUT2D eigenvalue weighted by molar-refractivity contribution is 7.59. The fraction of sp³-hybridized carbons (Fsp3) is 0.308. The van der Waals surface area contributed by atoms with Crippen LogP contribution in [0.1, 0.15) is 37.6 Å². The molecule has 1 aromatic heterocycles. The first-order chi connectivity index (χ1) is 17.8. The van der Waals surface area contributed by atoms with Crippen LogP contribution in [0.15, 0.2) is 48.0 Å². The third-order valence-corrected chi connectivity index (χ3v) is 8.50. The Bertz CT molecular complexity index is 1410. The van der Waals surface area contributed by atoms with Gasteiger partial charge in [0, 0.05) is 29.1 Å². The lowest BCUT2D eigenvalue weighted by atomic mass is 10.1. The lowest BCUT2D eigenvalue weighted by Crippen LogP contribution is -2.34. The summed E-state index contributed by atoms with van der Waals surface area (Å²) in [5.74, 6) is -2.64. The van der Waals surface area contributed by atoms with Crippen molar-refractivity contribution in [3.8, 4) is 0 Å². The highest BCUT2D eigenvalue weighted by Gasteiger charge is 2.38. The second-order valence-electron chi connectivity index (χ2n) is 9.42. The molecule has 204 valence electrons. The predicted octanol–water partition coefficient (Wildman–Crippen LogP) is 7.11. The quantitative estimate of drug-likeness (QED) is 0.206. The Morgan fingerprint density at radius 2 is 1.89 bits per heavy atom. The summed E-state index contributed by atoms with van der Waals surface area (Å²) in [5, 5.41) is 7.92. The minimum Gasteiger partial charge on any atom is -0.444 e. The second kappa shape index (κ2) is 12.4. The Kier molecular flexibility index (Phi) is 9.70. The van der Waals surface area contributed by atoms with Crippen LogP contribution in [-0.2, 0) is 18.6 Å². The number of rotatable bonds is 9. The van der Waals surface area contributed by atoms with Crippen LogP contribution in [0.25, 0.3) is 16.2 Å². The molecule has 0 fully saturated rings. The summed E-state index contributed by atoms with van der Waals surface area (Å²) in [5.41, 5.74) is -1.11. The number of amides is 2. The Hall–Kier alpha value is -2.78. The van der Waals surface area contributed by atoms with E-state index in [1.807, 2.05) is 0 Å². The standard InChI is InChI=1S/C26H28ClF2N2O5PS/c1-26(2,3)36-25(33)31-11-12-35-37(4,34)23(19-15-38-22-8-6-17(27)14-18(19)22)24(32)30-10-9-16-5-7-20(28)21(29)13-16/h5-10,13-15,23H,11-12H2,1-4H3,(H,30,32)(H,31,33)/b10-9+. The van der Waals surface area contributed by atoms with Crippen LogP contribution >= 0.6 is 30.3 Å². The predicted molar refractivity (Wildman–Crippen MR) is 147 cm³/mol. The fourth-order valence-corrected chi connectivity index (χ4v) is 6.59. The van der Waals surface area contributed by atoms with Gasteiger partial charge in [0.25, 0.3) is 0 Å². The van der Waals surface area contributed by atoms with E-state index in [0.717, 1.165) is 16.8 Å². The van der Waals surface area contributed by atoms with E-state index in [1.54, 1.807) is 44.4 Å². The number of nitrogens with one attached hydrogen (secondary N) is 2. The number of thiophene rings is 1. The van der Waals surface area contributed by atoms with Crippen LogP contribution < -0.4 is 10.6 Å². The molecule has 2 N–H and O–H groups in total. The normalized spacial score (nSPS) is 14.3. The minimum atomic E-state index is -3.68. The minimum absolute atomic E-state index is 0.00727. The van der Waals surface area contributed by atoms with Crippen molar-refractivity contribution in [1.82, 2.24) is 10.6 Å². The number of carbonyl (C=O) groups is 2. The maximum Gasteiger partial charge on any atom is 0.407 e. The number of carbonyl (C=O) groups excluding carboxylic acids is 2. The number of hydrogen-bond donors (Lipinski definition) is 2. The summed E-state index contributed by atoms with van der Waals surface area (Å²) in [6.45, 7) is 6.40. The summed E-state index contributed by atoms with van der Waals surface area (Å²) >= 11 is 7.54. The van der Waals surface area contributed by atoms with E-state index in [1.165, 1.54) is 36.3 Å². The molecule has 2 aromatic carbocycles. The lowest BCUT2D eigenvalue weighted by Gasteiger charge is -2.24. The lowest BCUT2D eigenvalue weighted by molar-refractivity contribution is -0.120. The number of ether oxygens (including phenoxy) is 1. The van der Waals surface area contributed by atoms with Crippen molar-refractivity contribution in [1.29, 1.82) is 0 Å². The first-order valence-electron chi connectivity index (χ1n) is 11.5. The van der Waals surface area contributed by atoms with Gasteiger partial charge in [-0.25, -0.2) is 13.6 Å². The molecule has 0 aliphatic heterocycles. The Morgan fingerprint density at radius 3 is 2.58 bits per heavy atom. The molecular formula is C26H28ClF2N2O5PS. The van der Waals surface area contributed by atoms with Crippen LogP contribution in [0.3, 0.4) is 0 Å². The zero-order valence-corrected chi connectivity index (χ0v) is 23.7. The third-order valence-electron chi connectivity index (χ3n) is 5.14. The Labute approximate surface area is 228 Å². The van der Waals surface area contributed by atoms with Gasteiger partial charge in [-0.2, -0.15) is 0 Å². The molecule has 12 heteroatoms. The van der Waals surface area contributed by atoms with Gasteiger partial charge < -0.3 is 19.9 Å². The van der Waals surface area contributed by atoms with Crippen molar-refractivity contribution in [3.05, 3.63) is 75.8 Å². The van der Waals surface area contributed by atoms with E-state index in [9.17, 15) is 22.9 Å². The van der Waals surface area contributed by atoms with Gasteiger partial charge in [-0.05, 0) is 79.1 Å². The molecule has 0 bridgehead atoms. The van der Waals surface area contributed by atoms with Gasteiger partial charge in [-0.3, -0.25) is 9.36 Å². The maximum atomic E-state index is 13.8. The van der Waals surface area contributed by atoms with Crippen molar-refractivity contribution in [2.24, 2.45) is 0 Å². The molecule has 38 heavy (non-hydrogen) atoms. The number of benzene rings is 2. The molecule has 0 aliphatic carbocycles. The van der Waals surface area contributed by atoms with Crippen molar-refractivity contribution >= 4 is 58.5 Å². The monoisotopic (exact) mass is 584 g/mol. The topological polar surface area (TPSA) is 93.7 Å². The molecule has 7 nitrogen and oxygen atoms in total. The van der Waals surface area contributed by atoms with Gasteiger partial charge in [-0.1, -0.05) is 17.7 Å². The summed E-state index contributed by atoms with van der Waals surface area (Å²) in [4.78, 5) is 25.2. The number of hydrogen-bond acceptors (Lipinski definition) is 6. The third kappa shape index (κ3) is 8.11. The van der Waals surface area contributed by atoms with Crippen LogP contribution in [0.5, 0.6) is 0 Å². The van der Waals surface area contributed by atoms with Gasteiger partial charge in [0.2, 0.25) is 13.3 Å². The average Bonchev–Trinajstić information content (AvgIpc) is 3.20. The fourth-order valence-electron chi connectivity index (χ4n) is 3.52. The van der Waals surface area contributed by atoms with Gasteiger partial charge in [0.15, 0.2) is 11.6 Å². The van der Waals surface area contributed by atoms with Crippen LogP contribution in [0.2, 0.25) is 5.02 Å². The molecule has 1 heterocycles. The van der Waals surface area contributed by atoms with E-state index in [4.69, 9.17) is 20.9 Å². The van der Waals surface area contributed by atoms with E-state index in [-0.39, 0.29) is 13.2 Å². The molecule has 2 amide bonds. The van der Waals surface area contributed by atoms with E-state index in [2.05, 4.69) is 10.6 Å². The molecule has 0 spiro atoms. The summed E-state index contributed by atoms with van der Waals surface area (Å²) in [6, 6.07) is 8.50. The molecule has 0 saturated carbocycles. The maximum absolute atomic E-state index is 13.8.